The number of rotatable bonds is 3. The molecule has 0 amide bonds. The molecule has 3 nitrogen and oxygen atoms in total. The SMILES string of the molecule is CCN1CCOC(C(N)c2cccc3ccsc23)C1. The number of hydrogen-bond acceptors (Lipinski definition) is 4. The molecule has 0 saturated carbocycles. The molecule has 3 rings (SSSR count). The standard InChI is InChI=1S/C15H20N2OS/c1-2-17-7-8-18-13(10-17)14(16)12-5-3-4-11-6-9-19-15(11)12/h3-6,9,13-14H,2,7-8,10,16H2,1H3. The molecule has 1 aliphatic heterocycles. The van der Waals surface area contributed by atoms with Crippen LogP contribution in [0.1, 0.15) is 18.5 Å². The Morgan fingerprint density at radius 1 is 1.47 bits per heavy atom. The summed E-state index contributed by atoms with van der Waals surface area (Å²) < 4.78 is 7.19. The highest BCUT2D eigenvalue weighted by Gasteiger charge is 2.27. The molecule has 0 aliphatic carbocycles. The Morgan fingerprint density at radius 3 is 3.21 bits per heavy atom. The predicted molar refractivity (Wildman–Crippen MR) is 80.6 cm³/mol. The maximum Gasteiger partial charge on any atom is 0.0895 e. The molecule has 0 spiro atoms. The molecule has 2 heterocycles. The number of nitrogens with two attached hydrogens (primary N) is 1. The summed E-state index contributed by atoms with van der Waals surface area (Å²) in [4.78, 5) is 2.41. The van der Waals surface area contributed by atoms with E-state index in [4.69, 9.17) is 10.5 Å². The van der Waals surface area contributed by atoms with Crippen molar-refractivity contribution in [2.45, 2.75) is 19.1 Å². The third-order valence-corrected chi connectivity index (χ3v) is 4.87. The van der Waals surface area contributed by atoms with Crippen molar-refractivity contribution in [2.24, 2.45) is 5.73 Å². The van der Waals surface area contributed by atoms with Gasteiger partial charge in [-0.15, -0.1) is 11.3 Å². The van der Waals surface area contributed by atoms with Gasteiger partial charge in [-0.1, -0.05) is 25.1 Å². The normalized spacial score (nSPS) is 22.7. The second-order valence-corrected chi connectivity index (χ2v) is 5.93. The van der Waals surface area contributed by atoms with Crippen molar-refractivity contribution in [3.05, 3.63) is 35.2 Å². The maximum absolute atomic E-state index is 6.47. The van der Waals surface area contributed by atoms with E-state index in [0.29, 0.717) is 0 Å². The number of fused-ring (bicyclic) bond motifs is 1. The zero-order valence-electron chi connectivity index (χ0n) is 11.2. The first-order valence-electron chi connectivity index (χ1n) is 6.85. The lowest BCUT2D eigenvalue weighted by Gasteiger charge is -2.35. The van der Waals surface area contributed by atoms with E-state index in [-0.39, 0.29) is 12.1 Å². The van der Waals surface area contributed by atoms with Crippen LogP contribution in [0.5, 0.6) is 0 Å². The summed E-state index contributed by atoms with van der Waals surface area (Å²) in [5.41, 5.74) is 7.68. The maximum atomic E-state index is 6.47. The van der Waals surface area contributed by atoms with Gasteiger partial charge in [0.2, 0.25) is 0 Å². The van der Waals surface area contributed by atoms with Gasteiger partial charge in [0.05, 0.1) is 18.8 Å². The number of thiophene rings is 1. The molecule has 4 heteroatoms. The largest absolute Gasteiger partial charge is 0.374 e. The first-order chi connectivity index (χ1) is 9.29. The van der Waals surface area contributed by atoms with E-state index in [1.54, 1.807) is 11.3 Å². The molecule has 0 bridgehead atoms. The first kappa shape index (κ1) is 13.1. The Kier molecular flexibility index (Phi) is 3.84. The molecule has 102 valence electrons. The number of ether oxygens (including phenoxy) is 1. The van der Waals surface area contributed by atoms with Gasteiger partial charge >= 0.3 is 0 Å². The van der Waals surface area contributed by atoms with E-state index in [1.807, 2.05) is 0 Å². The van der Waals surface area contributed by atoms with Crippen LogP contribution in [-0.4, -0.2) is 37.2 Å². The minimum atomic E-state index is -0.0447. The van der Waals surface area contributed by atoms with Gasteiger partial charge in [-0.2, -0.15) is 0 Å². The molecule has 0 radical (unpaired) electrons. The molecule has 19 heavy (non-hydrogen) atoms. The van der Waals surface area contributed by atoms with Crippen molar-refractivity contribution in [1.29, 1.82) is 0 Å². The molecular formula is C15H20N2OS. The van der Waals surface area contributed by atoms with Crippen molar-refractivity contribution in [2.75, 3.05) is 26.2 Å². The summed E-state index contributed by atoms with van der Waals surface area (Å²) >= 11 is 1.76. The Bertz CT molecular complexity index is 554. The van der Waals surface area contributed by atoms with E-state index >= 15 is 0 Å². The molecule has 2 aromatic rings. The van der Waals surface area contributed by atoms with Crippen LogP contribution in [0.25, 0.3) is 10.1 Å². The fraction of sp³-hybridized carbons (Fsp3) is 0.467. The van der Waals surface area contributed by atoms with Crippen LogP contribution in [0.15, 0.2) is 29.6 Å². The second-order valence-electron chi connectivity index (χ2n) is 5.01. The van der Waals surface area contributed by atoms with Crippen molar-refractivity contribution < 1.29 is 4.74 Å². The number of likely N-dealkylation sites (N-methyl/N-ethyl adjacent to an activating group) is 1. The number of benzene rings is 1. The van der Waals surface area contributed by atoms with Gasteiger partial charge in [-0.25, -0.2) is 0 Å². The fourth-order valence-corrected chi connectivity index (χ4v) is 3.68. The van der Waals surface area contributed by atoms with Gasteiger partial charge in [-0.3, -0.25) is 4.90 Å². The van der Waals surface area contributed by atoms with Gasteiger partial charge in [0, 0.05) is 17.8 Å². The topological polar surface area (TPSA) is 38.5 Å². The summed E-state index contributed by atoms with van der Waals surface area (Å²) in [7, 11) is 0. The number of hydrogen-bond donors (Lipinski definition) is 1. The molecule has 2 unspecified atom stereocenters. The minimum absolute atomic E-state index is 0.0447. The summed E-state index contributed by atoms with van der Waals surface area (Å²) in [5.74, 6) is 0. The van der Waals surface area contributed by atoms with Crippen LogP contribution >= 0.6 is 11.3 Å². The van der Waals surface area contributed by atoms with Crippen LogP contribution in [0.2, 0.25) is 0 Å². The Labute approximate surface area is 118 Å². The number of morpholine rings is 1. The van der Waals surface area contributed by atoms with Gasteiger partial charge < -0.3 is 10.5 Å². The average molecular weight is 276 g/mol. The highest BCUT2D eigenvalue weighted by atomic mass is 32.1. The van der Waals surface area contributed by atoms with Crippen molar-refractivity contribution in [3.8, 4) is 0 Å². The average Bonchev–Trinajstić information content (AvgIpc) is 2.95. The van der Waals surface area contributed by atoms with Crippen LogP contribution in [-0.2, 0) is 4.74 Å². The summed E-state index contributed by atoms with van der Waals surface area (Å²) in [6.07, 6.45) is 0.0985. The van der Waals surface area contributed by atoms with Crippen molar-refractivity contribution in [3.63, 3.8) is 0 Å². The Hall–Kier alpha value is -0.940. The zero-order valence-corrected chi connectivity index (χ0v) is 12.0. The van der Waals surface area contributed by atoms with E-state index in [1.165, 1.54) is 15.6 Å². The lowest BCUT2D eigenvalue weighted by atomic mass is 10.00. The molecule has 1 aliphatic rings. The van der Waals surface area contributed by atoms with Gasteiger partial charge in [0.25, 0.3) is 0 Å². The van der Waals surface area contributed by atoms with Crippen LogP contribution < -0.4 is 5.73 Å². The summed E-state index contributed by atoms with van der Waals surface area (Å²) in [6.45, 7) is 5.98. The van der Waals surface area contributed by atoms with Gasteiger partial charge in [0.15, 0.2) is 0 Å². The highest BCUT2D eigenvalue weighted by molar-refractivity contribution is 7.17. The minimum Gasteiger partial charge on any atom is -0.374 e. The van der Waals surface area contributed by atoms with E-state index < -0.39 is 0 Å². The molecule has 1 aromatic carbocycles. The molecule has 2 N–H and O–H groups in total. The lowest BCUT2D eigenvalue weighted by Crippen LogP contribution is -2.46. The Morgan fingerprint density at radius 2 is 2.37 bits per heavy atom. The summed E-state index contributed by atoms with van der Waals surface area (Å²) in [5, 5.41) is 3.40. The smallest absolute Gasteiger partial charge is 0.0895 e. The third kappa shape index (κ3) is 2.54. The molecule has 1 aromatic heterocycles. The number of nitrogens with zero attached hydrogens (tertiary/aromatic N) is 1. The Balaban J connectivity index is 1.86. The van der Waals surface area contributed by atoms with E-state index in [9.17, 15) is 0 Å². The molecular weight excluding hydrogens is 256 g/mol. The fourth-order valence-electron chi connectivity index (χ4n) is 2.72. The van der Waals surface area contributed by atoms with Gasteiger partial charge in [0.1, 0.15) is 0 Å². The molecule has 1 saturated heterocycles. The molecule has 1 fully saturated rings. The van der Waals surface area contributed by atoms with Crippen molar-refractivity contribution >= 4 is 21.4 Å². The highest BCUT2D eigenvalue weighted by Crippen LogP contribution is 2.30. The summed E-state index contributed by atoms with van der Waals surface area (Å²) in [6, 6.07) is 8.47. The van der Waals surface area contributed by atoms with Gasteiger partial charge in [-0.05, 0) is 28.9 Å². The van der Waals surface area contributed by atoms with E-state index in [2.05, 4.69) is 41.5 Å². The van der Waals surface area contributed by atoms with Crippen LogP contribution in [0.3, 0.4) is 0 Å². The van der Waals surface area contributed by atoms with Crippen LogP contribution in [0.4, 0.5) is 0 Å². The van der Waals surface area contributed by atoms with Crippen LogP contribution in [0, 0.1) is 0 Å². The van der Waals surface area contributed by atoms with E-state index in [0.717, 1.165) is 26.2 Å². The first-order valence-corrected chi connectivity index (χ1v) is 7.73. The predicted octanol–water partition coefficient (Wildman–Crippen LogP) is 2.62. The lowest BCUT2D eigenvalue weighted by molar-refractivity contribution is -0.0390. The van der Waals surface area contributed by atoms with Crippen molar-refractivity contribution in [1.82, 2.24) is 4.90 Å². The second kappa shape index (κ2) is 5.59. The third-order valence-electron chi connectivity index (χ3n) is 3.89. The quantitative estimate of drug-likeness (QED) is 0.936. The molecule has 2 atom stereocenters. The zero-order chi connectivity index (χ0) is 13.2. The monoisotopic (exact) mass is 276 g/mol.